The quantitative estimate of drug-likeness (QED) is 0.464. The summed E-state index contributed by atoms with van der Waals surface area (Å²) in [4.78, 5) is 16.6. The summed E-state index contributed by atoms with van der Waals surface area (Å²) >= 11 is 0. The molecule has 3 N–H and O–H groups in total. The zero-order valence-corrected chi connectivity index (χ0v) is 17.2. The summed E-state index contributed by atoms with van der Waals surface area (Å²) in [5, 5.41) is 8.71. The minimum Gasteiger partial charge on any atom is -0.488 e. The Balaban J connectivity index is 1.43. The van der Waals surface area contributed by atoms with E-state index in [1.54, 1.807) is 0 Å². The van der Waals surface area contributed by atoms with Crippen molar-refractivity contribution in [1.29, 1.82) is 0 Å². The Labute approximate surface area is 175 Å². The van der Waals surface area contributed by atoms with E-state index in [4.69, 9.17) is 4.74 Å². The summed E-state index contributed by atoms with van der Waals surface area (Å²) in [6.07, 6.45) is 0.182. The topological polar surface area (TPSA) is 66.2 Å². The van der Waals surface area contributed by atoms with Gasteiger partial charge in [-0.1, -0.05) is 36.4 Å². The van der Waals surface area contributed by atoms with Gasteiger partial charge < -0.3 is 20.4 Å². The lowest BCUT2D eigenvalue weighted by molar-refractivity contribution is 0.0937. The minimum absolute atomic E-state index is 0.0889. The number of nitrogens with one attached hydrogen (secondary N) is 3. The lowest BCUT2D eigenvalue weighted by Gasteiger charge is -2.28. The van der Waals surface area contributed by atoms with Crippen LogP contribution in [0.25, 0.3) is 21.8 Å². The lowest BCUT2D eigenvalue weighted by Crippen LogP contribution is -2.50. The van der Waals surface area contributed by atoms with E-state index in [9.17, 15) is 4.79 Å². The second-order valence-corrected chi connectivity index (χ2v) is 8.01. The number of carbonyl (C=O) groups excluding carboxylic acids is 1. The third-order valence-corrected chi connectivity index (χ3v) is 5.88. The average Bonchev–Trinajstić information content (AvgIpc) is 3.10. The van der Waals surface area contributed by atoms with Crippen LogP contribution in [0.1, 0.15) is 34.5 Å². The molecule has 0 radical (unpaired) electrons. The molecule has 1 amide bonds. The summed E-state index contributed by atoms with van der Waals surface area (Å²) < 4.78 is 5.93. The molecule has 1 unspecified atom stereocenters. The average molecular weight is 399 g/mol. The van der Waals surface area contributed by atoms with E-state index in [0.29, 0.717) is 5.56 Å². The van der Waals surface area contributed by atoms with Crippen molar-refractivity contribution in [3.63, 3.8) is 0 Å². The van der Waals surface area contributed by atoms with Crippen LogP contribution < -0.4 is 15.4 Å². The van der Waals surface area contributed by atoms with Crippen molar-refractivity contribution in [3.05, 3.63) is 77.4 Å². The molecule has 1 fully saturated rings. The number of rotatable bonds is 5. The van der Waals surface area contributed by atoms with Crippen molar-refractivity contribution in [1.82, 2.24) is 15.6 Å². The molecule has 152 valence electrons. The second kappa shape index (κ2) is 7.50. The van der Waals surface area contributed by atoms with Crippen LogP contribution in [-0.2, 0) is 0 Å². The molecule has 0 aliphatic carbocycles. The van der Waals surface area contributed by atoms with Crippen molar-refractivity contribution in [2.75, 3.05) is 13.1 Å². The number of H-pyrrole nitrogens is 1. The fourth-order valence-corrected chi connectivity index (χ4v) is 4.10. The number of hydrogen-bond donors (Lipinski definition) is 3. The van der Waals surface area contributed by atoms with Gasteiger partial charge in [-0.05, 0) is 49.2 Å². The maximum absolute atomic E-state index is 13.1. The highest BCUT2D eigenvalue weighted by Crippen LogP contribution is 2.31. The molecule has 1 saturated heterocycles. The van der Waals surface area contributed by atoms with E-state index in [1.807, 2.05) is 50.2 Å². The normalized spacial score (nSPS) is 15.1. The van der Waals surface area contributed by atoms with Gasteiger partial charge in [-0.2, -0.15) is 0 Å². The van der Waals surface area contributed by atoms with Crippen LogP contribution in [0.4, 0.5) is 0 Å². The molecule has 30 heavy (non-hydrogen) atoms. The molecule has 1 aliphatic rings. The Hall–Kier alpha value is -3.31. The van der Waals surface area contributed by atoms with Crippen LogP contribution in [0.5, 0.6) is 5.75 Å². The number of aryl methyl sites for hydroxylation is 1. The number of aromatic amines is 1. The van der Waals surface area contributed by atoms with Gasteiger partial charge in [-0.25, -0.2) is 0 Å². The van der Waals surface area contributed by atoms with Crippen LogP contribution in [-0.4, -0.2) is 30.1 Å². The number of ether oxygens (including phenoxy) is 1. The van der Waals surface area contributed by atoms with Crippen LogP contribution in [0.2, 0.25) is 0 Å². The van der Waals surface area contributed by atoms with Crippen molar-refractivity contribution in [2.24, 2.45) is 0 Å². The highest BCUT2D eigenvalue weighted by Gasteiger charge is 2.21. The molecule has 5 rings (SSSR count). The minimum atomic E-state index is -0.139. The Kier molecular flexibility index (Phi) is 4.68. The Bertz CT molecular complexity index is 1240. The van der Waals surface area contributed by atoms with Crippen LogP contribution in [0, 0.1) is 6.92 Å². The van der Waals surface area contributed by atoms with E-state index >= 15 is 0 Å². The third kappa shape index (κ3) is 3.31. The maximum atomic E-state index is 13.1. The molecule has 3 aromatic carbocycles. The highest BCUT2D eigenvalue weighted by atomic mass is 16.5. The summed E-state index contributed by atoms with van der Waals surface area (Å²) in [6, 6.07) is 20.0. The van der Waals surface area contributed by atoms with Crippen molar-refractivity contribution < 1.29 is 9.53 Å². The zero-order chi connectivity index (χ0) is 20.7. The molecule has 0 saturated carbocycles. The first-order valence-corrected chi connectivity index (χ1v) is 10.4. The summed E-state index contributed by atoms with van der Waals surface area (Å²) in [7, 11) is 0. The number of amides is 1. The van der Waals surface area contributed by atoms with E-state index in [-0.39, 0.29) is 18.1 Å². The van der Waals surface area contributed by atoms with Gasteiger partial charge >= 0.3 is 0 Å². The number of hydrogen-bond acceptors (Lipinski definition) is 3. The van der Waals surface area contributed by atoms with E-state index in [1.165, 1.54) is 5.39 Å². The SMILES string of the molecule is Cc1ccc(OC2CNC2)cc1C(=O)NC(C)c1cccc2[nH]c3ccccc3c12. The van der Waals surface area contributed by atoms with Crippen LogP contribution in [0.15, 0.2) is 60.7 Å². The molecule has 1 aliphatic heterocycles. The van der Waals surface area contributed by atoms with Crippen molar-refractivity contribution >= 4 is 27.7 Å². The maximum Gasteiger partial charge on any atom is 0.252 e. The predicted octanol–water partition coefficient (Wildman–Crippen LogP) is 4.47. The molecular weight excluding hydrogens is 374 g/mol. The Morgan fingerprint density at radius 1 is 1.07 bits per heavy atom. The Morgan fingerprint density at radius 3 is 2.67 bits per heavy atom. The number of para-hydroxylation sites is 1. The first-order chi connectivity index (χ1) is 14.6. The smallest absolute Gasteiger partial charge is 0.252 e. The second-order valence-electron chi connectivity index (χ2n) is 8.01. The number of aromatic nitrogens is 1. The number of carbonyl (C=O) groups is 1. The van der Waals surface area contributed by atoms with Gasteiger partial charge in [0, 0.05) is 40.5 Å². The van der Waals surface area contributed by atoms with Gasteiger partial charge in [0.1, 0.15) is 11.9 Å². The Morgan fingerprint density at radius 2 is 1.87 bits per heavy atom. The first kappa shape index (κ1) is 18.7. The molecule has 0 bridgehead atoms. The molecule has 5 nitrogen and oxygen atoms in total. The van der Waals surface area contributed by atoms with E-state index in [2.05, 4.69) is 39.9 Å². The molecule has 4 aromatic rings. The van der Waals surface area contributed by atoms with Gasteiger partial charge in [-0.3, -0.25) is 4.79 Å². The molecule has 1 atom stereocenters. The highest BCUT2D eigenvalue weighted by molar-refractivity contribution is 6.09. The zero-order valence-electron chi connectivity index (χ0n) is 17.2. The largest absolute Gasteiger partial charge is 0.488 e. The predicted molar refractivity (Wildman–Crippen MR) is 120 cm³/mol. The molecule has 5 heteroatoms. The van der Waals surface area contributed by atoms with Crippen molar-refractivity contribution in [3.8, 4) is 5.75 Å². The molecule has 0 spiro atoms. The van der Waals surface area contributed by atoms with E-state index < -0.39 is 0 Å². The van der Waals surface area contributed by atoms with Gasteiger partial charge in [0.2, 0.25) is 0 Å². The standard InChI is InChI=1S/C25H25N3O2/c1-15-10-11-17(30-18-13-26-14-18)12-21(15)25(29)27-16(2)19-7-5-9-23-24(19)20-6-3-4-8-22(20)28-23/h3-12,16,18,26,28H,13-14H2,1-2H3,(H,27,29). The lowest BCUT2D eigenvalue weighted by atomic mass is 10.00. The van der Waals surface area contributed by atoms with Gasteiger partial charge in [0.05, 0.1) is 6.04 Å². The van der Waals surface area contributed by atoms with Crippen LogP contribution in [0.3, 0.4) is 0 Å². The fourth-order valence-electron chi connectivity index (χ4n) is 4.10. The molecular formula is C25H25N3O2. The van der Waals surface area contributed by atoms with Gasteiger partial charge in [0.25, 0.3) is 5.91 Å². The summed E-state index contributed by atoms with van der Waals surface area (Å²) in [5.41, 5.74) is 4.87. The summed E-state index contributed by atoms with van der Waals surface area (Å²) in [6.45, 7) is 5.68. The van der Waals surface area contributed by atoms with Gasteiger partial charge in [-0.15, -0.1) is 0 Å². The van der Waals surface area contributed by atoms with Crippen LogP contribution >= 0.6 is 0 Å². The number of benzene rings is 3. The number of fused-ring (bicyclic) bond motifs is 3. The van der Waals surface area contributed by atoms with Crippen molar-refractivity contribution in [2.45, 2.75) is 26.0 Å². The van der Waals surface area contributed by atoms with E-state index in [0.717, 1.165) is 46.4 Å². The third-order valence-electron chi connectivity index (χ3n) is 5.88. The first-order valence-electron chi connectivity index (χ1n) is 10.4. The monoisotopic (exact) mass is 399 g/mol. The molecule has 2 heterocycles. The fraction of sp³-hybridized carbons (Fsp3) is 0.240. The van der Waals surface area contributed by atoms with Gasteiger partial charge in [0.15, 0.2) is 0 Å². The summed E-state index contributed by atoms with van der Waals surface area (Å²) in [5.74, 6) is 0.651. The molecule has 1 aromatic heterocycles.